The molecule has 1 saturated carbocycles. The average molecular weight is 390 g/mol. The predicted octanol–water partition coefficient (Wildman–Crippen LogP) is 5.70. The zero-order valence-electron chi connectivity index (χ0n) is 16.8. The molecule has 0 heterocycles. The lowest BCUT2D eigenvalue weighted by atomic mass is 9.52. The summed E-state index contributed by atoms with van der Waals surface area (Å²) < 4.78 is 0. The van der Waals surface area contributed by atoms with Crippen molar-refractivity contribution in [3.05, 3.63) is 120 Å². The second-order valence-electron chi connectivity index (χ2n) is 8.19. The summed E-state index contributed by atoms with van der Waals surface area (Å²) in [6.07, 6.45) is 0. The maximum absolute atomic E-state index is 13.5. The van der Waals surface area contributed by atoms with Crippen LogP contribution in [-0.4, -0.2) is 11.6 Å². The molecular formula is C28H22O2. The molecule has 2 heteroatoms. The molecule has 1 atom stereocenters. The highest BCUT2D eigenvalue weighted by atomic mass is 16.2. The number of benzene rings is 4. The number of ketones is 2. The van der Waals surface area contributed by atoms with Crippen molar-refractivity contribution in [2.24, 2.45) is 5.92 Å². The van der Waals surface area contributed by atoms with Crippen LogP contribution in [0.1, 0.15) is 29.5 Å². The van der Waals surface area contributed by atoms with Crippen molar-refractivity contribution in [3.8, 4) is 0 Å². The van der Waals surface area contributed by atoms with E-state index in [2.05, 4.69) is 30.3 Å². The number of carbonyl (C=O) groups excluding carboxylic acids is 2. The first-order valence-electron chi connectivity index (χ1n) is 10.3. The Labute approximate surface area is 176 Å². The van der Waals surface area contributed by atoms with Gasteiger partial charge in [-0.3, -0.25) is 9.59 Å². The molecule has 0 aromatic heterocycles. The van der Waals surface area contributed by atoms with Gasteiger partial charge < -0.3 is 0 Å². The van der Waals surface area contributed by atoms with E-state index in [-0.39, 0.29) is 17.5 Å². The molecule has 0 bridgehead atoms. The van der Waals surface area contributed by atoms with Gasteiger partial charge in [0.1, 0.15) is 5.41 Å². The molecule has 0 saturated heterocycles. The third-order valence-electron chi connectivity index (χ3n) is 6.53. The Morgan fingerprint density at radius 3 is 1.87 bits per heavy atom. The van der Waals surface area contributed by atoms with Crippen LogP contribution in [0, 0.1) is 5.92 Å². The van der Waals surface area contributed by atoms with E-state index in [1.54, 1.807) is 6.92 Å². The normalized spacial score (nSPS) is 22.0. The van der Waals surface area contributed by atoms with E-state index < -0.39 is 11.3 Å². The van der Waals surface area contributed by atoms with Crippen LogP contribution in [-0.2, 0) is 15.0 Å². The summed E-state index contributed by atoms with van der Waals surface area (Å²) in [4.78, 5) is 27.1. The first kappa shape index (κ1) is 18.5. The van der Waals surface area contributed by atoms with Gasteiger partial charge in [-0.2, -0.15) is 0 Å². The molecule has 4 aromatic rings. The van der Waals surface area contributed by atoms with E-state index in [0.717, 1.165) is 27.5 Å². The zero-order valence-corrected chi connectivity index (χ0v) is 16.8. The SMILES string of the molecule is CC1(c2ccccc2)C(=O)C(C(c2ccccc2)c2ccc3ccccc3c2)C1=O. The van der Waals surface area contributed by atoms with Gasteiger partial charge in [0.15, 0.2) is 11.6 Å². The highest BCUT2D eigenvalue weighted by molar-refractivity contribution is 6.32. The van der Waals surface area contributed by atoms with Gasteiger partial charge in [0.2, 0.25) is 0 Å². The molecule has 2 nitrogen and oxygen atoms in total. The second-order valence-corrected chi connectivity index (χ2v) is 8.19. The number of Topliss-reactive ketones (excluding diaryl/α,β-unsaturated/α-hetero) is 2. The second kappa shape index (κ2) is 7.07. The highest BCUT2D eigenvalue weighted by Crippen LogP contribution is 2.49. The molecule has 1 unspecified atom stereocenters. The topological polar surface area (TPSA) is 34.1 Å². The molecule has 1 aliphatic rings. The minimum Gasteiger partial charge on any atom is -0.297 e. The number of carbonyl (C=O) groups is 2. The molecule has 1 fully saturated rings. The van der Waals surface area contributed by atoms with Crippen LogP contribution in [0.4, 0.5) is 0 Å². The Bertz CT molecular complexity index is 1230. The van der Waals surface area contributed by atoms with Crippen LogP contribution in [0.15, 0.2) is 103 Å². The summed E-state index contributed by atoms with van der Waals surface area (Å²) in [5.41, 5.74) is 1.72. The van der Waals surface area contributed by atoms with Crippen molar-refractivity contribution in [1.29, 1.82) is 0 Å². The Morgan fingerprint density at radius 2 is 1.20 bits per heavy atom. The van der Waals surface area contributed by atoms with Crippen LogP contribution in [0.2, 0.25) is 0 Å². The third kappa shape index (κ3) is 2.72. The van der Waals surface area contributed by atoms with Crippen molar-refractivity contribution in [2.45, 2.75) is 18.3 Å². The fraction of sp³-hybridized carbons (Fsp3) is 0.143. The maximum Gasteiger partial charge on any atom is 0.162 e. The Kier molecular flexibility index (Phi) is 4.36. The molecule has 1 aliphatic carbocycles. The molecule has 4 aromatic carbocycles. The van der Waals surface area contributed by atoms with E-state index in [4.69, 9.17) is 0 Å². The fourth-order valence-electron chi connectivity index (χ4n) is 4.78. The Morgan fingerprint density at radius 1 is 0.633 bits per heavy atom. The molecule has 0 aliphatic heterocycles. The zero-order chi connectivity index (χ0) is 20.7. The van der Waals surface area contributed by atoms with Gasteiger partial charge >= 0.3 is 0 Å². The molecule has 0 radical (unpaired) electrons. The molecular weight excluding hydrogens is 368 g/mol. The summed E-state index contributed by atoms with van der Waals surface area (Å²) in [6, 6.07) is 33.7. The number of fused-ring (bicyclic) bond motifs is 1. The summed E-state index contributed by atoms with van der Waals surface area (Å²) in [5.74, 6) is -0.951. The van der Waals surface area contributed by atoms with Gasteiger partial charge in [-0.15, -0.1) is 0 Å². The fourth-order valence-corrected chi connectivity index (χ4v) is 4.78. The van der Waals surface area contributed by atoms with Crippen molar-refractivity contribution in [3.63, 3.8) is 0 Å². The number of hydrogen-bond donors (Lipinski definition) is 0. The van der Waals surface area contributed by atoms with E-state index in [1.165, 1.54) is 0 Å². The predicted molar refractivity (Wildman–Crippen MR) is 120 cm³/mol. The monoisotopic (exact) mass is 390 g/mol. The largest absolute Gasteiger partial charge is 0.297 e. The van der Waals surface area contributed by atoms with Gasteiger partial charge in [-0.05, 0) is 34.4 Å². The first-order valence-corrected chi connectivity index (χ1v) is 10.3. The molecule has 146 valence electrons. The lowest BCUT2D eigenvalue weighted by molar-refractivity contribution is -0.153. The van der Waals surface area contributed by atoms with Gasteiger partial charge in [-0.1, -0.05) is 103 Å². The summed E-state index contributed by atoms with van der Waals surface area (Å²) in [6.45, 7) is 1.77. The highest BCUT2D eigenvalue weighted by Gasteiger charge is 2.62. The molecule has 5 rings (SSSR count). The van der Waals surface area contributed by atoms with Gasteiger partial charge in [0.25, 0.3) is 0 Å². The van der Waals surface area contributed by atoms with Gasteiger partial charge in [0.05, 0.1) is 5.92 Å². The van der Waals surface area contributed by atoms with Crippen molar-refractivity contribution in [1.82, 2.24) is 0 Å². The van der Waals surface area contributed by atoms with Gasteiger partial charge in [-0.25, -0.2) is 0 Å². The molecule has 30 heavy (non-hydrogen) atoms. The lowest BCUT2D eigenvalue weighted by Crippen LogP contribution is -2.62. The Balaban J connectivity index is 1.62. The van der Waals surface area contributed by atoms with Crippen molar-refractivity contribution < 1.29 is 9.59 Å². The van der Waals surface area contributed by atoms with E-state index in [0.29, 0.717) is 0 Å². The summed E-state index contributed by atoms with van der Waals surface area (Å²) in [5, 5.41) is 2.26. The Hall–Kier alpha value is -3.52. The minimum atomic E-state index is -1.06. The summed E-state index contributed by atoms with van der Waals surface area (Å²) in [7, 11) is 0. The van der Waals surface area contributed by atoms with E-state index >= 15 is 0 Å². The number of rotatable bonds is 4. The standard InChI is InChI=1S/C28H22O2/c1-28(23-14-6-3-7-15-23)26(29)25(27(28)30)24(20-11-4-2-5-12-20)22-17-16-19-10-8-9-13-21(19)18-22/h2-18,24-25H,1H3. The number of hydrogen-bond acceptors (Lipinski definition) is 2. The third-order valence-corrected chi connectivity index (χ3v) is 6.53. The van der Waals surface area contributed by atoms with Crippen molar-refractivity contribution >= 4 is 22.3 Å². The maximum atomic E-state index is 13.5. The van der Waals surface area contributed by atoms with Crippen LogP contribution in [0.5, 0.6) is 0 Å². The van der Waals surface area contributed by atoms with Crippen LogP contribution in [0.3, 0.4) is 0 Å². The average Bonchev–Trinajstić information content (AvgIpc) is 2.82. The van der Waals surface area contributed by atoms with E-state index in [9.17, 15) is 9.59 Å². The van der Waals surface area contributed by atoms with Crippen LogP contribution < -0.4 is 0 Å². The van der Waals surface area contributed by atoms with Crippen molar-refractivity contribution in [2.75, 3.05) is 0 Å². The van der Waals surface area contributed by atoms with E-state index in [1.807, 2.05) is 72.8 Å². The quantitative estimate of drug-likeness (QED) is 0.419. The molecule has 0 amide bonds. The van der Waals surface area contributed by atoms with Crippen LogP contribution in [0.25, 0.3) is 10.8 Å². The molecule has 0 spiro atoms. The first-order chi connectivity index (χ1) is 14.6. The molecule has 0 N–H and O–H groups in total. The smallest absolute Gasteiger partial charge is 0.162 e. The summed E-state index contributed by atoms with van der Waals surface area (Å²) >= 11 is 0. The van der Waals surface area contributed by atoms with Crippen LogP contribution >= 0.6 is 0 Å². The lowest BCUT2D eigenvalue weighted by Gasteiger charge is -2.45. The minimum absolute atomic E-state index is 0.000659. The van der Waals surface area contributed by atoms with Gasteiger partial charge in [0, 0.05) is 5.92 Å².